The van der Waals surface area contributed by atoms with Crippen LogP contribution in [0.25, 0.3) is 11.1 Å². The fourth-order valence-electron chi connectivity index (χ4n) is 8.64. The van der Waals surface area contributed by atoms with Crippen LogP contribution in [-0.4, -0.2) is 146 Å². The second kappa shape index (κ2) is 28.4. The highest BCUT2D eigenvalue weighted by atomic mass is 19.1. The van der Waals surface area contributed by atoms with Crippen molar-refractivity contribution in [2.45, 2.75) is 90.1 Å². The number of nitrogens with two attached hydrogens (primary N) is 2. The minimum absolute atomic E-state index is 0.0896. The van der Waals surface area contributed by atoms with Crippen LogP contribution in [0, 0.1) is 17.0 Å². The van der Waals surface area contributed by atoms with Gasteiger partial charge in [-0.05, 0) is 66.3 Å². The molecule has 11 N–H and O–H groups in total. The Balaban J connectivity index is 1.44. The van der Waals surface area contributed by atoms with Gasteiger partial charge in [-0.25, -0.2) is 8.78 Å². The maximum absolute atomic E-state index is 15.4. The first-order valence-corrected chi connectivity index (χ1v) is 25.2. The number of pyridine rings is 1. The summed E-state index contributed by atoms with van der Waals surface area (Å²) in [5, 5.41) is 25.0. The number of nitrogens with one attached hydrogen (secondary N) is 6. The normalized spacial score (nSPS) is 14.0. The molecule has 24 nitrogen and oxygen atoms in total. The Morgan fingerprint density at radius 1 is 0.713 bits per heavy atom. The van der Waals surface area contributed by atoms with Gasteiger partial charge in [-0.1, -0.05) is 51.1 Å². The first-order chi connectivity index (χ1) is 37.8. The van der Waals surface area contributed by atoms with E-state index in [1.807, 2.05) is 12.1 Å². The number of aliphatic hydroxyl groups is 1. The van der Waals surface area contributed by atoms with E-state index in [0.29, 0.717) is 16.2 Å². The lowest BCUT2D eigenvalue weighted by Gasteiger charge is -2.41. The van der Waals surface area contributed by atoms with E-state index in [-0.39, 0.29) is 37.2 Å². The average Bonchev–Trinajstić information content (AvgIpc) is 4.10. The Morgan fingerprint density at radius 2 is 1.30 bits per heavy atom. The lowest BCUT2D eigenvalue weighted by Crippen LogP contribution is -2.59. The maximum atomic E-state index is 15.4. The number of halogens is 2. The Hall–Kier alpha value is -9.20. The molecule has 26 heteroatoms. The van der Waals surface area contributed by atoms with Crippen LogP contribution in [0.15, 0.2) is 97.5 Å². The molecule has 0 unspecified atom stereocenters. The summed E-state index contributed by atoms with van der Waals surface area (Å²) < 4.78 is 31.8. The molecule has 80 heavy (non-hydrogen) atoms. The molecule has 5 rings (SSSR count). The second-order valence-corrected chi connectivity index (χ2v) is 19.8. The van der Waals surface area contributed by atoms with Gasteiger partial charge in [0.15, 0.2) is 0 Å². The molecule has 0 saturated heterocycles. The third kappa shape index (κ3) is 17.9. The van der Waals surface area contributed by atoms with Crippen molar-refractivity contribution >= 4 is 65.0 Å². The molecule has 4 aromatic rings. The van der Waals surface area contributed by atoms with E-state index in [9.17, 15) is 62.2 Å². The number of rotatable bonds is 28. The van der Waals surface area contributed by atoms with Gasteiger partial charge in [0.25, 0.3) is 11.8 Å². The molecule has 0 saturated carbocycles. The van der Waals surface area contributed by atoms with E-state index >= 15 is 4.39 Å². The number of aromatic nitrogens is 2. The third-order valence-electron chi connectivity index (χ3n) is 12.4. The first-order valence-electron chi connectivity index (χ1n) is 25.2. The molecule has 2 aromatic heterocycles. The predicted molar refractivity (Wildman–Crippen MR) is 282 cm³/mol. The van der Waals surface area contributed by atoms with E-state index in [0.717, 1.165) is 35.9 Å². The highest BCUT2D eigenvalue weighted by Crippen LogP contribution is 2.41. The fourth-order valence-corrected chi connectivity index (χ4v) is 8.64. The van der Waals surface area contributed by atoms with Gasteiger partial charge in [0.2, 0.25) is 53.2 Å². The zero-order chi connectivity index (χ0) is 58.8. The zero-order valence-electron chi connectivity index (χ0n) is 44.3. The molecule has 11 amide bonds. The van der Waals surface area contributed by atoms with Crippen molar-refractivity contribution in [3.8, 4) is 11.1 Å². The fraction of sp³-hybridized carbons (Fsp3) is 0.370. The van der Waals surface area contributed by atoms with E-state index in [2.05, 4.69) is 36.9 Å². The van der Waals surface area contributed by atoms with Crippen LogP contribution >= 0.6 is 0 Å². The Bertz CT molecular complexity index is 2970. The molecule has 0 aliphatic carbocycles. The van der Waals surface area contributed by atoms with Gasteiger partial charge in [0, 0.05) is 73.7 Å². The van der Waals surface area contributed by atoms with Crippen LogP contribution in [0.3, 0.4) is 0 Å². The molecule has 5 atom stereocenters. The summed E-state index contributed by atoms with van der Waals surface area (Å²) in [6.45, 7) is 4.06. The van der Waals surface area contributed by atoms with E-state index in [4.69, 9.17) is 11.5 Å². The highest BCUT2D eigenvalue weighted by molar-refractivity contribution is 6.14. The van der Waals surface area contributed by atoms with Gasteiger partial charge in [-0.2, -0.15) is 0 Å². The summed E-state index contributed by atoms with van der Waals surface area (Å²) in [5.74, 6) is -11.7. The molecule has 1 aliphatic rings. The summed E-state index contributed by atoms with van der Waals surface area (Å²) in [5.41, 5.74) is 11.9. The van der Waals surface area contributed by atoms with Crippen LogP contribution in [-0.2, 0) is 65.7 Å². The van der Waals surface area contributed by atoms with Gasteiger partial charge in [0.1, 0.15) is 49.0 Å². The molecular weight excluding hydrogens is 1050 g/mol. The summed E-state index contributed by atoms with van der Waals surface area (Å²) in [4.78, 5) is 150. The number of primary amides is 2. The lowest BCUT2D eigenvalue weighted by molar-refractivity contribution is -0.141. The summed E-state index contributed by atoms with van der Waals surface area (Å²) >= 11 is 0. The quantitative estimate of drug-likeness (QED) is 0.0251. The summed E-state index contributed by atoms with van der Waals surface area (Å²) in [6, 6.07) is 9.07. The Kier molecular flexibility index (Phi) is 21.9. The molecule has 1 aliphatic heterocycles. The zero-order valence-corrected chi connectivity index (χ0v) is 44.3. The summed E-state index contributed by atoms with van der Waals surface area (Å²) in [7, 11) is 0. The lowest BCUT2D eigenvalue weighted by atomic mass is 9.82. The molecule has 2 aromatic carbocycles. The van der Waals surface area contributed by atoms with Crippen molar-refractivity contribution in [3.63, 3.8) is 0 Å². The van der Waals surface area contributed by atoms with Crippen LogP contribution in [0.1, 0.15) is 69.8 Å². The van der Waals surface area contributed by atoms with Crippen LogP contribution in [0.5, 0.6) is 0 Å². The molecule has 0 radical (unpaired) electrons. The monoisotopic (exact) mass is 1110 g/mol. The number of aliphatic hydroxyl groups excluding tert-OH is 1. The minimum atomic E-state index is -1.91. The van der Waals surface area contributed by atoms with Crippen molar-refractivity contribution in [2.24, 2.45) is 16.9 Å². The van der Waals surface area contributed by atoms with Gasteiger partial charge in [-0.3, -0.25) is 62.6 Å². The molecule has 0 spiro atoms. The number of benzene rings is 2. The van der Waals surface area contributed by atoms with Crippen LogP contribution in [0.2, 0.25) is 0 Å². The standard InChI is InChI=1S/C54H64F2N12O12/c1-31(62-44(72)22-32-14-17-59-18-15-32)50(77)64-39(25-42(57)70)53(80)65-40(26-43(58)71)52(79)63-38(51(78)61-20-19-60-45(73)29-68-46(74)12-13-47(68)75)16-21-67(48(76)30-69)49(54(2,3)4)41-23-34(36-24-35(55)10-11-37(36)56)28-66(41)27-33-8-6-5-7-9-33/h5-15,17-18,23-24,28,31,38-40,49,69H,16,19-22,25-27,29-30H2,1-4H3,(H2,57,70)(H2,58,71)(H,60,73)(H,61,78)(H,62,72)(H,63,79)(H,64,77)(H,65,80)/t31-,38-,39+,40-,49-/m0/s1. The molecule has 426 valence electrons. The average molecular weight is 1110 g/mol. The van der Waals surface area contributed by atoms with Crippen molar-refractivity contribution < 1.29 is 66.6 Å². The van der Waals surface area contributed by atoms with E-state index in [1.54, 1.807) is 67.9 Å². The largest absolute Gasteiger partial charge is 0.387 e. The number of hydrogen-bond acceptors (Lipinski definition) is 13. The molecular formula is C54H64F2N12O12. The predicted octanol–water partition coefficient (Wildman–Crippen LogP) is -0.715. The molecule has 3 heterocycles. The first kappa shape index (κ1) is 61.7. The van der Waals surface area contributed by atoms with Gasteiger partial charge < -0.3 is 57.9 Å². The van der Waals surface area contributed by atoms with Gasteiger partial charge in [0.05, 0.1) is 25.3 Å². The number of carbonyl (C=O) groups excluding carboxylic acids is 11. The van der Waals surface area contributed by atoms with Crippen molar-refractivity contribution in [2.75, 3.05) is 32.8 Å². The Labute approximate surface area is 458 Å². The second-order valence-electron chi connectivity index (χ2n) is 19.8. The van der Waals surface area contributed by atoms with Gasteiger partial charge >= 0.3 is 0 Å². The number of imide groups is 1. The van der Waals surface area contributed by atoms with Crippen LogP contribution in [0.4, 0.5) is 8.78 Å². The van der Waals surface area contributed by atoms with E-state index in [1.165, 1.54) is 24.2 Å². The number of carbonyl (C=O) groups is 11. The summed E-state index contributed by atoms with van der Waals surface area (Å²) in [6.07, 6.45) is 4.15. The van der Waals surface area contributed by atoms with Crippen molar-refractivity contribution in [1.29, 1.82) is 0 Å². The van der Waals surface area contributed by atoms with Crippen LogP contribution < -0.4 is 43.4 Å². The maximum Gasteiger partial charge on any atom is 0.254 e. The number of hydrogen-bond donors (Lipinski definition) is 9. The topological polar surface area (TPSA) is 357 Å². The number of nitrogens with zero attached hydrogens (tertiary/aromatic N) is 4. The highest BCUT2D eigenvalue weighted by Gasteiger charge is 2.39. The number of amides is 11. The van der Waals surface area contributed by atoms with E-state index < -0.39 is 151 Å². The molecule has 0 bridgehead atoms. The SMILES string of the molecule is C[C@H](NC(=O)Cc1ccncc1)C(=O)N[C@H](CC(N)=O)C(=O)N[C@@H](CC(N)=O)C(=O)N[C@@H](CCN(C(=O)CO)[C@@H](c1cc(-c2cc(F)ccc2F)cn1Cc1ccccc1)C(C)(C)C)C(=O)NCCNC(=O)CN1C(=O)C=CC1=O. The van der Waals surface area contributed by atoms with Crippen molar-refractivity contribution in [3.05, 3.63) is 126 Å². The van der Waals surface area contributed by atoms with Gasteiger partial charge in [-0.15, -0.1) is 0 Å². The third-order valence-corrected chi connectivity index (χ3v) is 12.4. The Morgan fingerprint density at radius 3 is 1.89 bits per heavy atom. The smallest absolute Gasteiger partial charge is 0.254 e. The minimum Gasteiger partial charge on any atom is -0.387 e. The van der Waals surface area contributed by atoms with Crippen molar-refractivity contribution in [1.82, 2.24) is 51.3 Å². The molecule has 0 fully saturated rings.